The minimum atomic E-state index is 0.00894. The molecule has 1 aliphatic heterocycles. The van der Waals surface area contributed by atoms with Gasteiger partial charge in [-0.05, 0) is 6.42 Å². The average Bonchev–Trinajstić information content (AvgIpc) is 2.41. The van der Waals surface area contributed by atoms with Crippen molar-refractivity contribution in [3.8, 4) is 0 Å². The molecule has 2 unspecified atom stereocenters. The van der Waals surface area contributed by atoms with Crippen LogP contribution >= 0.6 is 12.6 Å². The molecule has 1 saturated heterocycles. The maximum absolute atomic E-state index is 11.4. The number of aliphatic hydroxyl groups excluding tert-OH is 1. The number of thiol groups is 1. The second kappa shape index (κ2) is 4.86. The van der Waals surface area contributed by atoms with Crippen LogP contribution in [0.3, 0.4) is 0 Å². The molecule has 0 aromatic rings. The molecule has 1 rings (SSSR count). The summed E-state index contributed by atoms with van der Waals surface area (Å²) in [5, 5.41) is 9.25. The number of hydrogen-bond donors (Lipinski definition) is 2. The van der Waals surface area contributed by atoms with Crippen molar-refractivity contribution in [3.05, 3.63) is 0 Å². The van der Waals surface area contributed by atoms with E-state index >= 15 is 0 Å². The first kappa shape index (κ1) is 10.9. The highest BCUT2D eigenvalue weighted by molar-refractivity contribution is 7.81. The minimum Gasteiger partial charge on any atom is -0.394 e. The molecule has 1 fully saturated rings. The van der Waals surface area contributed by atoms with Crippen molar-refractivity contribution in [2.45, 2.75) is 37.5 Å². The SMILES string of the molecule is CCCC(CO)N1CC(S)CC1=O. The van der Waals surface area contributed by atoms with E-state index in [4.69, 9.17) is 5.11 Å². The van der Waals surface area contributed by atoms with E-state index in [-0.39, 0.29) is 23.8 Å². The van der Waals surface area contributed by atoms with Gasteiger partial charge in [-0.1, -0.05) is 13.3 Å². The van der Waals surface area contributed by atoms with Crippen molar-refractivity contribution in [2.75, 3.05) is 13.2 Å². The summed E-state index contributed by atoms with van der Waals surface area (Å²) in [4.78, 5) is 13.2. The molecule has 76 valence electrons. The fourth-order valence-electron chi connectivity index (χ4n) is 1.74. The number of aliphatic hydroxyl groups is 1. The first-order valence-electron chi connectivity index (χ1n) is 4.77. The zero-order valence-electron chi connectivity index (χ0n) is 7.94. The minimum absolute atomic E-state index is 0.00894. The molecule has 0 aromatic carbocycles. The third kappa shape index (κ3) is 2.61. The molecule has 0 aromatic heterocycles. The summed E-state index contributed by atoms with van der Waals surface area (Å²) in [6, 6.07) is 0.00894. The summed E-state index contributed by atoms with van der Waals surface area (Å²) in [6.07, 6.45) is 2.39. The van der Waals surface area contributed by atoms with Gasteiger partial charge in [0.05, 0.1) is 12.6 Å². The molecule has 4 heteroatoms. The van der Waals surface area contributed by atoms with Crippen LogP contribution < -0.4 is 0 Å². The van der Waals surface area contributed by atoms with E-state index in [9.17, 15) is 4.79 Å². The van der Waals surface area contributed by atoms with Crippen LogP contribution in [-0.2, 0) is 4.79 Å². The number of likely N-dealkylation sites (tertiary alicyclic amines) is 1. The van der Waals surface area contributed by atoms with Crippen molar-refractivity contribution >= 4 is 18.5 Å². The number of carbonyl (C=O) groups excluding carboxylic acids is 1. The maximum Gasteiger partial charge on any atom is 0.224 e. The van der Waals surface area contributed by atoms with Crippen LogP contribution in [0.15, 0.2) is 0 Å². The Morgan fingerprint density at radius 3 is 2.85 bits per heavy atom. The summed E-state index contributed by atoms with van der Waals surface area (Å²) in [7, 11) is 0. The van der Waals surface area contributed by atoms with Gasteiger partial charge in [0.2, 0.25) is 5.91 Å². The van der Waals surface area contributed by atoms with Gasteiger partial charge < -0.3 is 10.0 Å². The van der Waals surface area contributed by atoms with Gasteiger partial charge in [0, 0.05) is 18.2 Å². The van der Waals surface area contributed by atoms with Crippen LogP contribution in [0.5, 0.6) is 0 Å². The molecule has 0 saturated carbocycles. The molecule has 2 atom stereocenters. The molecule has 0 aliphatic carbocycles. The molecule has 1 amide bonds. The van der Waals surface area contributed by atoms with Crippen LogP contribution in [0.1, 0.15) is 26.2 Å². The molecule has 0 radical (unpaired) electrons. The highest BCUT2D eigenvalue weighted by atomic mass is 32.1. The Balaban J connectivity index is 2.53. The first-order chi connectivity index (χ1) is 6.19. The summed E-state index contributed by atoms with van der Waals surface area (Å²) in [6.45, 7) is 2.81. The summed E-state index contributed by atoms with van der Waals surface area (Å²) in [5.41, 5.74) is 0. The van der Waals surface area contributed by atoms with E-state index in [1.807, 2.05) is 0 Å². The predicted octanol–water partition coefficient (Wildman–Crippen LogP) is 0.678. The fourth-order valence-corrected chi connectivity index (χ4v) is 2.08. The van der Waals surface area contributed by atoms with E-state index in [0.29, 0.717) is 13.0 Å². The smallest absolute Gasteiger partial charge is 0.224 e. The van der Waals surface area contributed by atoms with Gasteiger partial charge in [0.1, 0.15) is 0 Å². The van der Waals surface area contributed by atoms with Gasteiger partial charge in [-0.3, -0.25) is 4.79 Å². The van der Waals surface area contributed by atoms with Crippen molar-refractivity contribution in [3.63, 3.8) is 0 Å². The van der Waals surface area contributed by atoms with Crippen molar-refractivity contribution in [1.82, 2.24) is 4.90 Å². The van der Waals surface area contributed by atoms with Crippen LogP contribution in [0.25, 0.3) is 0 Å². The standard InChI is InChI=1S/C9H17NO2S/c1-2-3-7(6-11)10-5-8(13)4-9(10)12/h7-8,11,13H,2-6H2,1H3. The Morgan fingerprint density at radius 2 is 2.46 bits per heavy atom. The second-order valence-electron chi connectivity index (χ2n) is 3.53. The van der Waals surface area contributed by atoms with Gasteiger partial charge in [0.15, 0.2) is 0 Å². The number of amides is 1. The van der Waals surface area contributed by atoms with Crippen LogP contribution in [0.4, 0.5) is 0 Å². The van der Waals surface area contributed by atoms with Gasteiger partial charge in [-0.15, -0.1) is 0 Å². The van der Waals surface area contributed by atoms with E-state index in [2.05, 4.69) is 19.6 Å². The molecule has 1 N–H and O–H groups in total. The highest BCUT2D eigenvalue weighted by Gasteiger charge is 2.31. The monoisotopic (exact) mass is 203 g/mol. The van der Waals surface area contributed by atoms with Crippen molar-refractivity contribution < 1.29 is 9.90 Å². The topological polar surface area (TPSA) is 40.5 Å². The lowest BCUT2D eigenvalue weighted by molar-refractivity contribution is -0.130. The lowest BCUT2D eigenvalue weighted by atomic mass is 10.1. The number of hydrogen-bond acceptors (Lipinski definition) is 3. The third-order valence-corrected chi connectivity index (χ3v) is 2.76. The molecule has 0 spiro atoms. The number of carbonyl (C=O) groups is 1. The van der Waals surface area contributed by atoms with Crippen molar-refractivity contribution in [1.29, 1.82) is 0 Å². The Morgan fingerprint density at radius 1 is 1.77 bits per heavy atom. The van der Waals surface area contributed by atoms with Gasteiger partial charge >= 0.3 is 0 Å². The van der Waals surface area contributed by atoms with Gasteiger partial charge in [-0.25, -0.2) is 0 Å². The lowest BCUT2D eigenvalue weighted by Crippen LogP contribution is -2.39. The van der Waals surface area contributed by atoms with Gasteiger partial charge in [0.25, 0.3) is 0 Å². The van der Waals surface area contributed by atoms with E-state index in [1.54, 1.807) is 4.90 Å². The Hall–Kier alpha value is -0.220. The maximum atomic E-state index is 11.4. The third-order valence-electron chi connectivity index (χ3n) is 2.41. The summed E-state index contributed by atoms with van der Waals surface area (Å²) >= 11 is 4.27. The quantitative estimate of drug-likeness (QED) is 0.660. The van der Waals surface area contributed by atoms with Crippen LogP contribution in [-0.4, -0.2) is 40.4 Å². The summed E-state index contributed by atoms with van der Waals surface area (Å²) in [5.74, 6) is 0.132. The Bertz CT molecular complexity index is 186. The van der Waals surface area contributed by atoms with E-state index < -0.39 is 0 Å². The van der Waals surface area contributed by atoms with E-state index in [0.717, 1.165) is 12.8 Å². The van der Waals surface area contributed by atoms with Crippen molar-refractivity contribution in [2.24, 2.45) is 0 Å². The average molecular weight is 203 g/mol. The predicted molar refractivity (Wildman–Crippen MR) is 54.9 cm³/mol. The largest absolute Gasteiger partial charge is 0.394 e. The Labute approximate surface area is 84.5 Å². The zero-order valence-corrected chi connectivity index (χ0v) is 8.83. The zero-order chi connectivity index (χ0) is 9.84. The van der Waals surface area contributed by atoms with Gasteiger partial charge in [-0.2, -0.15) is 12.6 Å². The molecule has 3 nitrogen and oxygen atoms in total. The Kier molecular flexibility index (Phi) is 4.06. The fraction of sp³-hybridized carbons (Fsp3) is 0.889. The highest BCUT2D eigenvalue weighted by Crippen LogP contribution is 2.20. The summed E-state index contributed by atoms with van der Waals surface area (Å²) < 4.78 is 0. The second-order valence-corrected chi connectivity index (χ2v) is 4.26. The molecular weight excluding hydrogens is 186 g/mol. The normalized spacial score (nSPS) is 25.3. The van der Waals surface area contributed by atoms with Crippen LogP contribution in [0.2, 0.25) is 0 Å². The molecular formula is C9H17NO2S. The van der Waals surface area contributed by atoms with Crippen LogP contribution in [0, 0.1) is 0 Å². The molecule has 1 heterocycles. The van der Waals surface area contributed by atoms with E-state index in [1.165, 1.54) is 0 Å². The number of nitrogens with zero attached hydrogens (tertiary/aromatic N) is 1. The first-order valence-corrected chi connectivity index (χ1v) is 5.29. The lowest BCUT2D eigenvalue weighted by Gasteiger charge is -2.25. The number of rotatable bonds is 4. The molecule has 1 aliphatic rings. The molecule has 13 heavy (non-hydrogen) atoms. The molecule has 0 bridgehead atoms.